The van der Waals surface area contributed by atoms with Gasteiger partial charge in [-0.3, -0.25) is 4.79 Å². The highest BCUT2D eigenvalue weighted by Gasteiger charge is 2.12. The highest BCUT2D eigenvalue weighted by Crippen LogP contribution is 2.26. The Balaban J connectivity index is 1.76. The predicted molar refractivity (Wildman–Crippen MR) is 106 cm³/mol. The van der Waals surface area contributed by atoms with Gasteiger partial charge in [-0.05, 0) is 30.7 Å². The van der Waals surface area contributed by atoms with E-state index in [0.717, 1.165) is 11.3 Å². The van der Waals surface area contributed by atoms with Crippen molar-refractivity contribution in [3.63, 3.8) is 0 Å². The molecule has 27 heavy (non-hydrogen) atoms. The number of anilines is 2. The number of aromatic nitrogens is 2. The number of nitrogens with zero attached hydrogens (tertiary/aromatic N) is 2. The molecule has 1 amide bonds. The summed E-state index contributed by atoms with van der Waals surface area (Å²) in [5, 5.41) is 6.60. The van der Waals surface area contributed by atoms with Crippen molar-refractivity contribution in [1.82, 2.24) is 15.3 Å². The maximum atomic E-state index is 12.5. The van der Waals surface area contributed by atoms with Crippen LogP contribution in [0.2, 0.25) is 5.02 Å². The number of hydrogen-bond acceptors (Lipinski definition) is 5. The summed E-state index contributed by atoms with van der Waals surface area (Å²) in [4.78, 5) is 21.1. The average molecular weight is 383 g/mol. The number of para-hydroxylation sites is 2. The second-order valence-electron chi connectivity index (χ2n) is 5.79. The molecule has 0 unspecified atom stereocenters. The summed E-state index contributed by atoms with van der Waals surface area (Å²) in [6.07, 6.45) is 0. The van der Waals surface area contributed by atoms with Crippen molar-refractivity contribution in [1.29, 1.82) is 0 Å². The minimum atomic E-state index is -0.302. The van der Waals surface area contributed by atoms with E-state index in [0.29, 0.717) is 29.0 Å². The van der Waals surface area contributed by atoms with Crippen LogP contribution in [0.1, 0.15) is 21.9 Å². The Morgan fingerprint density at radius 3 is 2.63 bits per heavy atom. The Labute approximate surface area is 162 Å². The first-order valence-corrected chi connectivity index (χ1v) is 8.72. The van der Waals surface area contributed by atoms with E-state index < -0.39 is 0 Å². The van der Waals surface area contributed by atoms with Crippen LogP contribution in [0.3, 0.4) is 0 Å². The summed E-state index contributed by atoms with van der Waals surface area (Å²) in [5.74, 6) is 1.37. The van der Waals surface area contributed by atoms with Gasteiger partial charge in [-0.15, -0.1) is 0 Å². The first kappa shape index (κ1) is 18.7. The molecule has 0 aliphatic heterocycles. The number of rotatable bonds is 6. The van der Waals surface area contributed by atoms with Crippen LogP contribution in [0.25, 0.3) is 0 Å². The van der Waals surface area contributed by atoms with Crippen LogP contribution in [-0.4, -0.2) is 23.0 Å². The van der Waals surface area contributed by atoms with E-state index in [1.807, 2.05) is 42.5 Å². The smallest absolute Gasteiger partial charge is 0.270 e. The lowest BCUT2D eigenvalue weighted by Crippen LogP contribution is -2.24. The van der Waals surface area contributed by atoms with Gasteiger partial charge in [0, 0.05) is 17.6 Å². The van der Waals surface area contributed by atoms with E-state index in [9.17, 15) is 4.79 Å². The Hall–Kier alpha value is -3.12. The van der Waals surface area contributed by atoms with Gasteiger partial charge in [-0.25, -0.2) is 9.97 Å². The fraction of sp³-hybridized carbons (Fsp3) is 0.150. The van der Waals surface area contributed by atoms with Gasteiger partial charge in [0.15, 0.2) is 0 Å². The molecule has 2 N–H and O–H groups in total. The summed E-state index contributed by atoms with van der Waals surface area (Å²) in [7, 11) is 1.60. The Morgan fingerprint density at radius 1 is 1.11 bits per heavy atom. The van der Waals surface area contributed by atoms with Crippen molar-refractivity contribution in [2.24, 2.45) is 0 Å². The number of aryl methyl sites for hydroxylation is 1. The van der Waals surface area contributed by atoms with Crippen LogP contribution in [0.5, 0.6) is 5.75 Å². The lowest BCUT2D eigenvalue weighted by molar-refractivity contribution is 0.0945. The predicted octanol–water partition coefficient (Wildman–Crippen LogP) is 4.12. The highest BCUT2D eigenvalue weighted by molar-refractivity contribution is 6.31. The van der Waals surface area contributed by atoms with E-state index in [1.165, 1.54) is 0 Å². The van der Waals surface area contributed by atoms with Crippen molar-refractivity contribution < 1.29 is 9.53 Å². The van der Waals surface area contributed by atoms with Gasteiger partial charge < -0.3 is 15.4 Å². The first-order chi connectivity index (χ1) is 13.1. The maximum absolute atomic E-state index is 12.5. The molecule has 3 aromatic rings. The number of methoxy groups -OCH3 is 1. The van der Waals surface area contributed by atoms with E-state index in [2.05, 4.69) is 20.6 Å². The monoisotopic (exact) mass is 382 g/mol. The van der Waals surface area contributed by atoms with Crippen molar-refractivity contribution in [2.45, 2.75) is 13.5 Å². The quantitative estimate of drug-likeness (QED) is 0.670. The van der Waals surface area contributed by atoms with Crippen LogP contribution in [0.4, 0.5) is 11.5 Å². The zero-order valence-electron chi connectivity index (χ0n) is 15.0. The first-order valence-electron chi connectivity index (χ1n) is 8.34. The Morgan fingerprint density at radius 2 is 1.85 bits per heavy atom. The molecule has 138 valence electrons. The number of carbonyl (C=O) groups is 1. The number of hydrogen-bond donors (Lipinski definition) is 2. The molecule has 2 aromatic carbocycles. The van der Waals surface area contributed by atoms with Gasteiger partial charge in [-0.2, -0.15) is 0 Å². The van der Waals surface area contributed by atoms with E-state index >= 15 is 0 Å². The molecular weight excluding hydrogens is 364 g/mol. The molecule has 3 rings (SSSR count). The van der Waals surface area contributed by atoms with Crippen LogP contribution < -0.4 is 15.4 Å². The van der Waals surface area contributed by atoms with Crippen molar-refractivity contribution >= 4 is 29.0 Å². The third kappa shape index (κ3) is 4.74. The molecule has 0 aliphatic rings. The van der Waals surface area contributed by atoms with E-state index in [4.69, 9.17) is 16.3 Å². The minimum absolute atomic E-state index is 0.270. The molecule has 0 bridgehead atoms. The molecule has 0 saturated carbocycles. The minimum Gasteiger partial charge on any atom is -0.495 e. The number of carbonyl (C=O) groups excluding carboxylic acids is 1. The fourth-order valence-corrected chi connectivity index (χ4v) is 2.74. The number of benzene rings is 2. The fourth-order valence-electron chi connectivity index (χ4n) is 2.54. The Kier molecular flexibility index (Phi) is 5.88. The maximum Gasteiger partial charge on any atom is 0.270 e. The lowest BCUT2D eigenvalue weighted by atomic mass is 10.2. The van der Waals surface area contributed by atoms with E-state index in [1.54, 1.807) is 26.2 Å². The molecule has 0 radical (unpaired) electrons. The summed E-state index contributed by atoms with van der Waals surface area (Å²) in [6.45, 7) is 2.05. The van der Waals surface area contributed by atoms with Crippen LogP contribution in [-0.2, 0) is 6.54 Å². The molecule has 0 atom stereocenters. The highest BCUT2D eigenvalue weighted by atomic mass is 35.5. The number of ether oxygens (including phenoxy) is 1. The van der Waals surface area contributed by atoms with Crippen LogP contribution in [0.15, 0.2) is 54.6 Å². The van der Waals surface area contributed by atoms with Crippen LogP contribution in [0, 0.1) is 6.92 Å². The third-order valence-corrected chi connectivity index (χ3v) is 4.21. The number of halogens is 1. The standard InChI is InChI=1S/C20H19ClN4O2/c1-13-23-17(20(26)22-12-14-7-3-4-8-15(14)21)11-19(24-13)25-16-9-5-6-10-18(16)27-2/h3-11H,12H2,1-2H3,(H,22,26)(H,23,24,25). The molecule has 0 saturated heterocycles. The summed E-state index contributed by atoms with van der Waals surface area (Å²) >= 11 is 6.12. The Bertz CT molecular complexity index is 962. The number of amides is 1. The summed E-state index contributed by atoms with van der Waals surface area (Å²) in [6, 6.07) is 16.4. The molecular formula is C20H19ClN4O2. The van der Waals surface area contributed by atoms with Crippen LogP contribution >= 0.6 is 11.6 Å². The topological polar surface area (TPSA) is 76.1 Å². The molecule has 0 fully saturated rings. The normalized spacial score (nSPS) is 10.3. The zero-order valence-corrected chi connectivity index (χ0v) is 15.7. The SMILES string of the molecule is COc1ccccc1Nc1cc(C(=O)NCc2ccccc2Cl)nc(C)n1. The molecule has 7 heteroatoms. The van der Waals surface area contributed by atoms with Gasteiger partial charge in [0.2, 0.25) is 0 Å². The molecule has 6 nitrogen and oxygen atoms in total. The molecule has 0 spiro atoms. The third-order valence-electron chi connectivity index (χ3n) is 3.84. The van der Waals surface area contributed by atoms with Gasteiger partial charge in [0.1, 0.15) is 23.1 Å². The van der Waals surface area contributed by atoms with E-state index in [-0.39, 0.29) is 11.6 Å². The van der Waals surface area contributed by atoms with Gasteiger partial charge in [0.05, 0.1) is 12.8 Å². The zero-order chi connectivity index (χ0) is 19.2. The summed E-state index contributed by atoms with van der Waals surface area (Å²) < 4.78 is 5.33. The van der Waals surface area contributed by atoms with Gasteiger partial charge >= 0.3 is 0 Å². The largest absolute Gasteiger partial charge is 0.495 e. The summed E-state index contributed by atoms with van der Waals surface area (Å²) in [5.41, 5.74) is 1.86. The van der Waals surface area contributed by atoms with Crippen molar-refractivity contribution in [3.05, 3.63) is 76.7 Å². The second-order valence-corrected chi connectivity index (χ2v) is 6.19. The molecule has 0 aliphatic carbocycles. The van der Waals surface area contributed by atoms with Crippen molar-refractivity contribution in [3.8, 4) is 5.75 Å². The lowest BCUT2D eigenvalue weighted by Gasteiger charge is -2.12. The number of nitrogens with one attached hydrogen (secondary N) is 2. The van der Waals surface area contributed by atoms with Crippen molar-refractivity contribution in [2.75, 3.05) is 12.4 Å². The van der Waals surface area contributed by atoms with Gasteiger partial charge in [0.25, 0.3) is 5.91 Å². The molecule has 1 heterocycles. The second kappa shape index (κ2) is 8.51. The average Bonchev–Trinajstić information content (AvgIpc) is 2.67. The van der Waals surface area contributed by atoms with Gasteiger partial charge in [-0.1, -0.05) is 41.9 Å². The molecule has 1 aromatic heterocycles.